The predicted molar refractivity (Wildman–Crippen MR) is 120 cm³/mol. The fourth-order valence-corrected chi connectivity index (χ4v) is 5.38. The number of thiophene rings is 1. The van der Waals surface area contributed by atoms with Crippen molar-refractivity contribution in [3.8, 4) is 10.6 Å². The van der Waals surface area contributed by atoms with Gasteiger partial charge in [-0.05, 0) is 74.4 Å². The normalized spacial score (nSPS) is 11.8. The maximum absolute atomic E-state index is 13.8. The summed E-state index contributed by atoms with van der Waals surface area (Å²) >= 11 is 1.69. The first kappa shape index (κ1) is 20.0. The van der Waals surface area contributed by atoms with Crippen LogP contribution in [0.1, 0.15) is 61.5 Å². The van der Waals surface area contributed by atoms with E-state index < -0.39 is 0 Å². The lowest BCUT2D eigenvalue weighted by Crippen LogP contribution is -2.01. The minimum Gasteiger partial charge on any atom is -0.231 e. The number of halogens is 1. The first-order valence-corrected chi connectivity index (χ1v) is 11.4. The summed E-state index contributed by atoms with van der Waals surface area (Å²) < 4.78 is 16.9. The van der Waals surface area contributed by atoms with E-state index in [0.717, 1.165) is 49.7 Å². The Bertz CT molecular complexity index is 1170. The fourth-order valence-electron chi connectivity index (χ4n) is 4.11. The molecule has 0 atom stereocenters. The number of unbranched alkanes of at least 4 members (excludes halogenated alkanes) is 4. The second-order valence-corrected chi connectivity index (χ2v) is 9.01. The molecule has 4 rings (SSSR count). The van der Waals surface area contributed by atoms with Gasteiger partial charge in [0.25, 0.3) is 0 Å². The van der Waals surface area contributed by atoms with Gasteiger partial charge in [0.1, 0.15) is 11.5 Å². The van der Waals surface area contributed by atoms with Gasteiger partial charge in [-0.3, -0.25) is 0 Å². The minimum absolute atomic E-state index is 0.195. The molecule has 0 fully saturated rings. The van der Waals surface area contributed by atoms with Crippen molar-refractivity contribution in [2.24, 2.45) is 0 Å². The van der Waals surface area contributed by atoms with Gasteiger partial charge in [-0.15, -0.1) is 11.3 Å². The zero-order valence-electron chi connectivity index (χ0n) is 17.7. The summed E-state index contributed by atoms with van der Waals surface area (Å²) in [7, 11) is 0. The molecule has 0 N–H and O–H groups in total. The van der Waals surface area contributed by atoms with Gasteiger partial charge in [0.2, 0.25) is 0 Å². The first-order valence-electron chi connectivity index (χ1n) is 10.5. The predicted octanol–water partition coefficient (Wildman–Crippen LogP) is 7.19. The summed E-state index contributed by atoms with van der Waals surface area (Å²) in [6, 6.07) is 7.20. The van der Waals surface area contributed by atoms with Gasteiger partial charge in [0.05, 0.1) is 16.3 Å². The van der Waals surface area contributed by atoms with Crippen LogP contribution in [0.5, 0.6) is 0 Å². The number of hydrogen-bond acceptors (Lipinski definition) is 3. The standard InChI is InChI=1S/C24H28FN3S/c1-5-6-7-8-9-10-18-13-15(2)27-28-22(17(4)26-24(18)28)23-16(3)20-14-19(25)11-12-21(20)29-23/h11-14H,5-10H2,1-4H3. The molecule has 152 valence electrons. The van der Waals surface area contributed by atoms with E-state index in [2.05, 4.69) is 26.8 Å². The first-order chi connectivity index (χ1) is 14.0. The molecule has 0 saturated heterocycles. The van der Waals surface area contributed by atoms with Crippen LogP contribution in [0.2, 0.25) is 0 Å². The van der Waals surface area contributed by atoms with Gasteiger partial charge < -0.3 is 0 Å². The van der Waals surface area contributed by atoms with Crippen LogP contribution in [0.15, 0.2) is 24.3 Å². The lowest BCUT2D eigenvalue weighted by molar-refractivity contribution is 0.630. The molecule has 0 saturated carbocycles. The van der Waals surface area contributed by atoms with Crippen LogP contribution in [-0.4, -0.2) is 14.6 Å². The molecule has 1 aromatic carbocycles. The Labute approximate surface area is 175 Å². The highest BCUT2D eigenvalue weighted by atomic mass is 32.1. The summed E-state index contributed by atoms with van der Waals surface area (Å²) in [5.74, 6) is -0.195. The Kier molecular flexibility index (Phi) is 5.68. The summed E-state index contributed by atoms with van der Waals surface area (Å²) in [5, 5.41) is 5.78. The Morgan fingerprint density at radius 3 is 2.62 bits per heavy atom. The molecule has 0 unspecified atom stereocenters. The van der Waals surface area contributed by atoms with Crippen molar-refractivity contribution in [1.29, 1.82) is 0 Å². The van der Waals surface area contributed by atoms with E-state index >= 15 is 0 Å². The zero-order valence-corrected chi connectivity index (χ0v) is 18.5. The van der Waals surface area contributed by atoms with Crippen LogP contribution in [0.4, 0.5) is 4.39 Å². The topological polar surface area (TPSA) is 30.2 Å². The molecule has 0 aliphatic rings. The number of nitrogens with zero attached hydrogens (tertiary/aromatic N) is 3. The van der Waals surface area contributed by atoms with E-state index in [-0.39, 0.29) is 5.82 Å². The Hall–Kier alpha value is -2.27. The summed E-state index contributed by atoms with van der Waals surface area (Å²) in [6.07, 6.45) is 7.34. The molecule has 3 heterocycles. The van der Waals surface area contributed by atoms with Crippen molar-refractivity contribution in [2.75, 3.05) is 0 Å². The maximum atomic E-state index is 13.8. The largest absolute Gasteiger partial charge is 0.231 e. The number of hydrogen-bond donors (Lipinski definition) is 0. The summed E-state index contributed by atoms with van der Waals surface area (Å²) in [5.41, 5.74) is 6.35. The second-order valence-electron chi connectivity index (χ2n) is 7.95. The van der Waals surface area contributed by atoms with Gasteiger partial charge >= 0.3 is 0 Å². The van der Waals surface area contributed by atoms with Crippen LogP contribution in [0, 0.1) is 26.6 Å². The molecule has 0 aliphatic carbocycles. The van der Waals surface area contributed by atoms with Gasteiger partial charge in [-0.1, -0.05) is 32.6 Å². The van der Waals surface area contributed by atoms with Crippen LogP contribution in [0.3, 0.4) is 0 Å². The van der Waals surface area contributed by atoms with Crippen molar-refractivity contribution in [1.82, 2.24) is 14.6 Å². The van der Waals surface area contributed by atoms with Gasteiger partial charge in [-0.2, -0.15) is 5.10 Å². The third-order valence-electron chi connectivity index (χ3n) is 5.62. The SMILES string of the molecule is CCCCCCCc1cc(C)nn2c(-c3sc4ccc(F)cc4c3C)c(C)nc12. The molecule has 3 aromatic heterocycles. The Balaban J connectivity index is 1.78. The van der Waals surface area contributed by atoms with Crippen LogP contribution < -0.4 is 0 Å². The molecule has 0 aliphatic heterocycles. The lowest BCUT2D eigenvalue weighted by Gasteiger charge is -2.07. The molecular formula is C24H28FN3S. The van der Waals surface area contributed by atoms with Crippen LogP contribution in [-0.2, 0) is 6.42 Å². The lowest BCUT2D eigenvalue weighted by atomic mass is 10.1. The van der Waals surface area contributed by atoms with Gasteiger partial charge in [-0.25, -0.2) is 13.9 Å². The number of rotatable bonds is 7. The molecule has 4 aromatic rings. The van der Waals surface area contributed by atoms with Crippen molar-refractivity contribution >= 4 is 27.1 Å². The third kappa shape index (κ3) is 3.80. The highest BCUT2D eigenvalue weighted by Gasteiger charge is 2.20. The average molecular weight is 410 g/mol. The highest BCUT2D eigenvalue weighted by Crippen LogP contribution is 2.40. The van der Waals surface area contributed by atoms with Crippen molar-refractivity contribution in [3.05, 3.63) is 52.6 Å². The van der Waals surface area contributed by atoms with Crippen molar-refractivity contribution in [2.45, 2.75) is 66.2 Å². The average Bonchev–Trinajstić information content (AvgIpc) is 3.17. The smallest absolute Gasteiger partial charge is 0.157 e. The van der Waals surface area contributed by atoms with E-state index in [1.807, 2.05) is 17.5 Å². The molecule has 0 radical (unpaired) electrons. The Morgan fingerprint density at radius 1 is 1.03 bits per heavy atom. The van der Waals surface area contributed by atoms with E-state index in [0.29, 0.717) is 0 Å². The van der Waals surface area contributed by atoms with E-state index in [4.69, 9.17) is 10.1 Å². The molecule has 0 bridgehead atoms. The molecule has 29 heavy (non-hydrogen) atoms. The summed E-state index contributed by atoms with van der Waals surface area (Å²) in [6.45, 7) is 8.41. The number of imidazole rings is 1. The fraction of sp³-hybridized carbons (Fsp3) is 0.417. The zero-order chi connectivity index (χ0) is 20.5. The monoisotopic (exact) mass is 409 g/mol. The van der Waals surface area contributed by atoms with Crippen LogP contribution >= 0.6 is 11.3 Å². The van der Waals surface area contributed by atoms with E-state index in [1.54, 1.807) is 17.4 Å². The molecular weight excluding hydrogens is 381 g/mol. The van der Waals surface area contributed by atoms with Gasteiger partial charge in [0, 0.05) is 4.70 Å². The quantitative estimate of drug-likeness (QED) is 0.302. The highest BCUT2D eigenvalue weighted by molar-refractivity contribution is 7.22. The summed E-state index contributed by atoms with van der Waals surface area (Å²) in [4.78, 5) is 6.03. The van der Waals surface area contributed by atoms with Gasteiger partial charge in [0.15, 0.2) is 5.65 Å². The van der Waals surface area contributed by atoms with E-state index in [9.17, 15) is 4.39 Å². The van der Waals surface area contributed by atoms with Crippen molar-refractivity contribution in [3.63, 3.8) is 0 Å². The Morgan fingerprint density at radius 2 is 1.83 bits per heavy atom. The molecule has 0 amide bonds. The number of aryl methyl sites for hydroxylation is 4. The second kappa shape index (κ2) is 8.23. The third-order valence-corrected chi connectivity index (χ3v) is 6.90. The molecule has 0 spiro atoms. The number of fused-ring (bicyclic) bond motifs is 2. The van der Waals surface area contributed by atoms with Crippen molar-refractivity contribution < 1.29 is 4.39 Å². The molecule has 3 nitrogen and oxygen atoms in total. The number of aromatic nitrogens is 3. The van der Waals surface area contributed by atoms with E-state index in [1.165, 1.54) is 43.7 Å². The maximum Gasteiger partial charge on any atom is 0.157 e. The minimum atomic E-state index is -0.195. The van der Waals surface area contributed by atoms with Crippen LogP contribution in [0.25, 0.3) is 26.3 Å². The number of benzene rings is 1. The molecule has 5 heteroatoms.